The number of nitriles is 1. The van der Waals surface area contributed by atoms with E-state index >= 15 is 0 Å². The van der Waals surface area contributed by atoms with Crippen molar-refractivity contribution in [3.63, 3.8) is 0 Å². The second-order valence-electron chi connectivity index (χ2n) is 9.57. The highest BCUT2D eigenvalue weighted by Crippen LogP contribution is 2.30. The number of hydrogen-bond acceptors (Lipinski definition) is 4. The van der Waals surface area contributed by atoms with Gasteiger partial charge < -0.3 is 5.32 Å². The van der Waals surface area contributed by atoms with Crippen LogP contribution in [-0.4, -0.2) is 35.0 Å². The molecule has 196 valence electrons. The number of halogens is 2. The predicted molar refractivity (Wildman–Crippen MR) is 157 cm³/mol. The summed E-state index contributed by atoms with van der Waals surface area (Å²) >= 11 is 12.4. The number of rotatable bonds is 6. The Labute approximate surface area is 238 Å². The highest BCUT2D eigenvalue weighted by Gasteiger charge is 2.29. The number of benzene rings is 3. The Hall–Kier alpha value is -3.89. The largest absolute Gasteiger partial charge is 0.326 e. The van der Waals surface area contributed by atoms with Crippen molar-refractivity contribution < 1.29 is 4.79 Å². The predicted octanol–water partition coefficient (Wildman–Crippen LogP) is 7.63. The third-order valence-electron chi connectivity index (χ3n) is 6.85. The number of nitrogens with one attached hydrogen (secondary N) is 1. The van der Waals surface area contributed by atoms with Crippen molar-refractivity contribution in [3.05, 3.63) is 112 Å². The van der Waals surface area contributed by atoms with Gasteiger partial charge in [0, 0.05) is 59.5 Å². The van der Waals surface area contributed by atoms with E-state index in [9.17, 15) is 10.1 Å². The summed E-state index contributed by atoms with van der Waals surface area (Å²) in [6.07, 6.45) is 5.34. The molecule has 0 unspecified atom stereocenters. The minimum Gasteiger partial charge on any atom is -0.307 e. The zero-order valence-corrected chi connectivity index (χ0v) is 22.7. The van der Waals surface area contributed by atoms with Gasteiger partial charge >= 0.3 is 6.03 Å². The van der Waals surface area contributed by atoms with E-state index in [-0.39, 0.29) is 12.1 Å². The topological polar surface area (TPSA) is 72.3 Å². The molecule has 1 aliphatic heterocycles. The first-order chi connectivity index (χ1) is 19.0. The van der Waals surface area contributed by atoms with Gasteiger partial charge in [0.1, 0.15) is 0 Å². The van der Waals surface area contributed by atoms with Gasteiger partial charge in [-0.05, 0) is 78.1 Å². The molecule has 1 fully saturated rings. The molecule has 2 amide bonds. The lowest BCUT2D eigenvalue weighted by atomic mass is 10.00. The maximum absolute atomic E-state index is 13.7. The number of urea groups is 1. The fraction of sp³-hybridized carbons (Fsp3) is 0.194. The Balaban J connectivity index is 1.37. The lowest BCUT2D eigenvalue weighted by Crippen LogP contribution is -2.49. The molecule has 2 heterocycles. The molecule has 5 rings (SSSR count). The summed E-state index contributed by atoms with van der Waals surface area (Å²) in [6.45, 7) is 2.57. The zero-order chi connectivity index (χ0) is 27.2. The quantitative estimate of drug-likeness (QED) is 0.265. The van der Waals surface area contributed by atoms with E-state index in [4.69, 9.17) is 23.2 Å². The lowest BCUT2D eigenvalue weighted by molar-refractivity contribution is 0.199. The van der Waals surface area contributed by atoms with Crippen molar-refractivity contribution in [3.8, 4) is 17.2 Å². The number of amides is 2. The summed E-state index contributed by atoms with van der Waals surface area (Å²) < 4.78 is 0. The summed E-state index contributed by atoms with van der Waals surface area (Å²) in [5, 5.41) is 13.2. The number of pyridine rings is 1. The molecule has 1 N–H and O–H groups in total. The molecule has 1 saturated heterocycles. The number of carbonyl (C=O) groups excluding carboxylic acids is 1. The van der Waals surface area contributed by atoms with Crippen molar-refractivity contribution in [2.75, 3.05) is 23.3 Å². The second kappa shape index (κ2) is 12.3. The Morgan fingerprint density at radius 2 is 1.72 bits per heavy atom. The van der Waals surface area contributed by atoms with E-state index in [1.54, 1.807) is 30.5 Å². The first-order valence-corrected chi connectivity index (χ1v) is 13.5. The Kier molecular flexibility index (Phi) is 8.43. The van der Waals surface area contributed by atoms with Crippen LogP contribution >= 0.6 is 23.2 Å². The zero-order valence-electron chi connectivity index (χ0n) is 21.2. The molecule has 8 heteroatoms. The number of nitrogens with zero attached hydrogens (tertiary/aromatic N) is 4. The smallest absolute Gasteiger partial charge is 0.307 e. The standard InChI is InChI=1S/C31H27Cl2N5O/c32-26-16-27(33)18-28(17-26)36-31(39)38(30-10-13-37(14-11-30)21-23-4-2-12-35-20-23)29-8-6-24(7-9-29)25-5-1-3-22(15-25)19-34/h1-9,12,15-18,20,30H,10-11,13-14,21H2,(H,36,39). The molecule has 4 aromatic rings. The minimum absolute atomic E-state index is 0.0116. The highest BCUT2D eigenvalue weighted by molar-refractivity contribution is 6.35. The van der Waals surface area contributed by atoms with E-state index in [0.29, 0.717) is 21.3 Å². The van der Waals surface area contributed by atoms with Crippen LogP contribution in [0.15, 0.2) is 91.3 Å². The second-order valence-corrected chi connectivity index (χ2v) is 10.4. The molecule has 0 spiro atoms. The third-order valence-corrected chi connectivity index (χ3v) is 7.29. The maximum Gasteiger partial charge on any atom is 0.326 e. The fourth-order valence-electron chi connectivity index (χ4n) is 4.97. The number of hydrogen-bond donors (Lipinski definition) is 1. The van der Waals surface area contributed by atoms with Gasteiger partial charge in [-0.2, -0.15) is 5.26 Å². The van der Waals surface area contributed by atoms with Crippen LogP contribution in [0, 0.1) is 11.3 Å². The van der Waals surface area contributed by atoms with Crippen molar-refractivity contribution >= 4 is 40.6 Å². The molecule has 0 aliphatic carbocycles. The molecule has 0 radical (unpaired) electrons. The van der Waals surface area contributed by atoms with Crippen molar-refractivity contribution in [2.24, 2.45) is 0 Å². The van der Waals surface area contributed by atoms with Gasteiger partial charge in [0.25, 0.3) is 0 Å². The average molecular weight is 556 g/mol. The molecule has 39 heavy (non-hydrogen) atoms. The lowest BCUT2D eigenvalue weighted by Gasteiger charge is -2.38. The number of piperidine rings is 1. The summed E-state index contributed by atoms with van der Waals surface area (Å²) in [5.74, 6) is 0. The van der Waals surface area contributed by atoms with Crippen molar-refractivity contribution in [1.29, 1.82) is 5.26 Å². The van der Waals surface area contributed by atoms with Crippen LogP contribution < -0.4 is 10.2 Å². The van der Waals surface area contributed by atoms with Crippen LogP contribution in [0.25, 0.3) is 11.1 Å². The van der Waals surface area contributed by atoms with Crippen LogP contribution in [0.5, 0.6) is 0 Å². The van der Waals surface area contributed by atoms with Gasteiger partial charge in [0.05, 0.1) is 11.6 Å². The molecular weight excluding hydrogens is 529 g/mol. The molecular formula is C31H27Cl2N5O. The van der Waals surface area contributed by atoms with Crippen LogP contribution in [-0.2, 0) is 6.54 Å². The van der Waals surface area contributed by atoms with E-state index in [0.717, 1.165) is 49.3 Å². The van der Waals surface area contributed by atoms with Gasteiger partial charge in [-0.25, -0.2) is 4.79 Å². The Morgan fingerprint density at radius 1 is 0.974 bits per heavy atom. The number of likely N-dealkylation sites (tertiary alicyclic amines) is 1. The first kappa shape index (κ1) is 26.7. The van der Waals surface area contributed by atoms with Crippen LogP contribution in [0.2, 0.25) is 10.0 Å². The highest BCUT2D eigenvalue weighted by atomic mass is 35.5. The maximum atomic E-state index is 13.7. The number of carbonyl (C=O) groups is 1. The summed E-state index contributed by atoms with van der Waals surface area (Å²) in [5.41, 5.74) is 5.06. The third kappa shape index (κ3) is 6.76. The normalized spacial score (nSPS) is 14.0. The van der Waals surface area contributed by atoms with E-state index in [2.05, 4.69) is 27.3 Å². The molecule has 3 aromatic carbocycles. The van der Waals surface area contributed by atoms with Gasteiger partial charge in [-0.3, -0.25) is 14.8 Å². The number of aromatic nitrogens is 1. The summed E-state index contributed by atoms with van der Waals surface area (Å²) in [6, 6.07) is 26.4. The van der Waals surface area contributed by atoms with Crippen molar-refractivity contribution in [1.82, 2.24) is 9.88 Å². The van der Waals surface area contributed by atoms with Crippen LogP contribution in [0.4, 0.5) is 16.2 Å². The van der Waals surface area contributed by atoms with E-state index in [1.807, 2.05) is 59.6 Å². The number of anilines is 2. The summed E-state index contributed by atoms with van der Waals surface area (Å²) in [4.78, 5) is 22.2. The average Bonchev–Trinajstić information content (AvgIpc) is 2.94. The van der Waals surface area contributed by atoms with E-state index in [1.165, 1.54) is 5.56 Å². The Bertz CT molecular complexity index is 1460. The van der Waals surface area contributed by atoms with Crippen LogP contribution in [0.3, 0.4) is 0 Å². The van der Waals surface area contributed by atoms with E-state index < -0.39 is 0 Å². The van der Waals surface area contributed by atoms with Gasteiger partial charge in [-0.1, -0.05) is 53.5 Å². The van der Waals surface area contributed by atoms with Gasteiger partial charge in [0.15, 0.2) is 0 Å². The van der Waals surface area contributed by atoms with Crippen molar-refractivity contribution in [2.45, 2.75) is 25.4 Å². The SMILES string of the molecule is N#Cc1cccc(-c2ccc(N(C(=O)Nc3cc(Cl)cc(Cl)c3)C3CCN(Cc4cccnc4)CC3)cc2)c1. The molecule has 0 saturated carbocycles. The molecule has 1 aromatic heterocycles. The monoisotopic (exact) mass is 555 g/mol. The van der Waals surface area contributed by atoms with Crippen LogP contribution in [0.1, 0.15) is 24.0 Å². The molecule has 0 bridgehead atoms. The molecule has 1 aliphatic rings. The van der Waals surface area contributed by atoms with Gasteiger partial charge in [-0.15, -0.1) is 0 Å². The summed E-state index contributed by atoms with van der Waals surface area (Å²) in [7, 11) is 0. The fourth-order valence-corrected chi connectivity index (χ4v) is 5.50. The van der Waals surface area contributed by atoms with Gasteiger partial charge in [0.2, 0.25) is 0 Å². The Morgan fingerprint density at radius 3 is 2.38 bits per heavy atom. The first-order valence-electron chi connectivity index (χ1n) is 12.8. The molecule has 0 atom stereocenters. The molecule has 6 nitrogen and oxygen atoms in total. The minimum atomic E-state index is -0.238.